The summed E-state index contributed by atoms with van der Waals surface area (Å²) >= 11 is 9.26. The van der Waals surface area contributed by atoms with Crippen LogP contribution in [-0.2, 0) is 20.0 Å². The molecule has 1 aliphatic heterocycles. The monoisotopic (exact) mass is 410 g/mol. The molecule has 0 unspecified atom stereocenters. The Bertz CT molecular complexity index is 692. The molecule has 2 aromatic carbocycles. The number of hydrogen-bond acceptors (Lipinski definition) is 4. The molecule has 6 heteroatoms. The molecule has 2 atom stereocenters. The summed E-state index contributed by atoms with van der Waals surface area (Å²) in [6.07, 6.45) is -0.320. The van der Waals surface area contributed by atoms with E-state index in [1.807, 2.05) is 30.3 Å². The van der Waals surface area contributed by atoms with Gasteiger partial charge in [0.15, 0.2) is 0 Å². The Kier molecular flexibility index (Phi) is 5.56. The highest BCUT2D eigenvalue weighted by Crippen LogP contribution is 2.36. The van der Waals surface area contributed by atoms with E-state index in [0.717, 1.165) is 5.56 Å². The minimum absolute atomic E-state index is 0.128. The predicted molar refractivity (Wildman–Crippen MR) is 94.5 cm³/mol. The minimum atomic E-state index is -0.849. The van der Waals surface area contributed by atoms with E-state index in [2.05, 4.69) is 15.9 Å². The fraction of sp³-hybridized carbons (Fsp3) is 0.278. The Morgan fingerprint density at radius 3 is 2.58 bits per heavy atom. The quantitative estimate of drug-likeness (QED) is 0.547. The van der Waals surface area contributed by atoms with Crippen molar-refractivity contribution < 1.29 is 19.0 Å². The summed E-state index contributed by atoms with van der Waals surface area (Å²) < 4.78 is 17.2. The summed E-state index contributed by atoms with van der Waals surface area (Å²) in [5, 5.41) is 1.06. The van der Waals surface area contributed by atoms with Gasteiger partial charge < -0.3 is 14.2 Å². The molecule has 1 aliphatic rings. The lowest BCUT2D eigenvalue weighted by Gasteiger charge is -2.26. The van der Waals surface area contributed by atoms with Crippen LogP contribution < -0.4 is 0 Å². The van der Waals surface area contributed by atoms with Gasteiger partial charge >= 0.3 is 5.97 Å². The van der Waals surface area contributed by atoms with Gasteiger partial charge in [-0.25, -0.2) is 4.79 Å². The average Bonchev–Trinajstić information content (AvgIpc) is 3.06. The summed E-state index contributed by atoms with van der Waals surface area (Å²) in [7, 11) is 0. The maximum atomic E-state index is 12.0. The maximum absolute atomic E-state index is 12.0. The molecule has 0 aromatic heterocycles. The zero-order valence-corrected chi connectivity index (χ0v) is 15.1. The first kappa shape index (κ1) is 17.4. The lowest BCUT2D eigenvalue weighted by atomic mass is 10.1. The zero-order chi connectivity index (χ0) is 17.0. The second kappa shape index (κ2) is 7.66. The van der Waals surface area contributed by atoms with Crippen LogP contribution in [0.2, 0.25) is 5.02 Å². The standard InChI is InChI=1S/C18H16BrClO4/c19-12-18(14-4-2-1-3-5-14)23-11-16(24-18)10-22-17(21)13-6-8-15(20)9-7-13/h1-9,16H,10-12H2/t16-,18+/m1/s1. The molecule has 1 saturated heterocycles. The highest BCUT2D eigenvalue weighted by molar-refractivity contribution is 9.09. The van der Waals surface area contributed by atoms with E-state index in [1.54, 1.807) is 24.3 Å². The number of ether oxygens (including phenoxy) is 3. The van der Waals surface area contributed by atoms with Crippen LogP contribution in [0.1, 0.15) is 15.9 Å². The molecule has 126 valence electrons. The molecule has 0 N–H and O–H groups in total. The van der Waals surface area contributed by atoms with E-state index in [4.69, 9.17) is 25.8 Å². The second-order valence-electron chi connectivity index (χ2n) is 5.41. The van der Waals surface area contributed by atoms with Gasteiger partial charge in [0.2, 0.25) is 5.79 Å². The molecule has 0 aliphatic carbocycles. The van der Waals surface area contributed by atoms with Crippen molar-refractivity contribution in [3.05, 3.63) is 70.7 Å². The maximum Gasteiger partial charge on any atom is 0.338 e. The Labute approximate surface area is 153 Å². The van der Waals surface area contributed by atoms with Crippen molar-refractivity contribution in [1.82, 2.24) is 0 Å². The molecule has 3 rings (SSSR count). The van der Waals surface area contributed by atoms with Crippen LogP contribution in [0.15, 0.2) is 54.6 Å². The number of benzene rings is 2. The second-order valence-corrected chi connectivity index (χ2v) is 6.41. The lowest BCUT2D eigenvalue weighted by Crippen LogP contribution is -2.31. The minimum Gasteiger partial charge on any atom is -0.459 e. The van der Waals surface area contributed by atoms with E-state index in [-0.39, 0.29) is 12.7 Å². The SMILES string of the molecule is O=C(OC[C@@H]1CO[C@](CBr)(c2ccccc2)O1)c1ccc(Cl)cc1. The van der Waals surface area contributed by atoms with E-state index in [0.29, 0.717) is 22.5 Å². The lowest BCUT2D eigenvalue weighted by molar-refractivity contribution is -0.160. The third kappa shape index (κ3) is 3.81. The number of carbonyl (C=O) groups excluding carboxylic acids is 1. The van der Waals surface area contributed by atoms with Crippen LogP contribution in [0.25, 0.3) is 0 Å². The van der Waals surface area contributed by atoms with Crippen LogP contribution in [0, 0.1) is 0 Å². The highest BCUT2D eigenvalue weighted by atomic mass is 79.9. The third-order valence-electron chi connectivity index (χ3n) is 3.73. The smallest absolute Gasteiger partial charge is 0.338 e. The van der Waals surface area contributed by atoms with Crippen molar-refractivity contribution >= 4 is 33.5 Å². The van der Waals surface area contributed by atoms with Crippen molar-refractivity contribution in [2.24, 2.45) is 0 Å². The first-order chi connectivity index (χ1) is 11.6. The van der Waals surface area contributed by atoms with Crippen LogP contribution >= 0.6 is 27.5 Å². The Morgan fingerprint density at radius 2 is 1.92 bits per heavy atom. The molecule has 1 heterocycles. The molecule has 0 spiro atoms. The Balaban J connectivity index is 1.60. The number of rotatable bonds is 5. The Morgan fingerprint density at radius 1 is 1.21 bits per heavy atom. The summed E-state index contributed by atoms with van der Waals surface area (Å²) in [5.74, 6) is -1.26. The van der Waals surface area contributed by atoms with Gasteiger partial charge in [-0.15, -0.1) is 0 Å². The molecule has 0 amide bonds. The van der Waals surface area contributed by atoms with Crippen molar-refractivity contribution in [2.45, 2.75) is 11.9 Å². The van der Waals surface area contributed by atoms with Gasteiger partial charge in [-0.3, -0.25) is 0 Å². The van der Waals surface area contributed by atoms with Crippen LogP contribution in [0.4, 0.5) is 0 Å². The first-order valence-electron chi connectivity index (χ1n) is 7.49. The van der Waals surface area contributed by atoms with Gasteiger partial charge in [-0.2, -0.15) is 0 Å². The van der Waals surface area contributed by atoms with E-state index in [9.17, 15) is 4.79 Å². The van der Waals surface area contributed by atoms with E-state index >= 15 is 0 Å². The van der Waals surface area contributed by atoms with E-state index < -0.39 is 11.8 Å². The zero-order valence-electron chi connectivity index (χ0n) is 12.8. The van der Waals surface area contributed by atoms with Crippen molar-refractivity contribution in [2.75, 3.05) is 18.5 Å². The van der Waals surface area contributed by atoms with Gasteiger partial charge in [-0.05, 0) is 24.3 Å². The molecule has 0 radical (unpaired) electrons. The molecule has 0 saturated carbocycles. The van der Waals surface area contributed by atoms with Crippen molar-refractivity contribution in [1.29, 1.82) is 0 Å². The van der Waals surface area contributed by atoms with Gasteiger partial charge in [0.1, 0.15) is 12.7 Å². The fourth-order valence-corrected chi connectivity index (χ4v) is 3.22. The largest absolute Gasteiger partial charge is 0.459 e. The number of esters is 1. The summed E-state index contributed by atoms with van der Waals surface area (Å²) in [4.78, 5) is 12.0. The van der Waals surface area contributed by atoms with Crippen LogP contribution in [0.5, 0.6) is 0 Å². The topological polar surface area (TPSA) is 44.8 Å². The predicted octanol–water partition coefficient (Wildman–Crippen LogP) is 4.16. The molecule has 2 aromatic rings. The Hall–Kier alpha value is -1.40. The van der Waals surface area contributed by atoms with Crippen LogP contribution in [-0.4, -0.2) is 30.6 Å². The highest BCUT2D eigenvalue weighted by Gasteiger charge is 2.42. The van der Waals surface area contributed by atoms with Gasteiger partial charge in [-0.1, -0.05) is 57.9 Å². The molecule has 0 bridgehead atoms. The normalized spacial score (nSPS) is 23.2. The molecule has 1 fully saturated rings. The number of hydrogen-bond donors (Lipinski definition) is 0. The molecule has 24 heavy (non-hydrogen) atoms. The number of carbonyl (C=O) groups is 1. The molecular weight excluding hydrogens is 396 g/mol. The van der Waals surface area contributed by atoms with E-state index in [1.165, 1.54) is 0 Å². The van der Waals surface area contributed by atoms with Crippen molar-refractivity contribution in [3.63, 3.8) is 0 Å². The first-order valence-corrected chi connectivity index (χ1v) is 8.99. The number of halogens is 2. The summed E-state index contributed by atoms with van der Waals surface area (Å²) in [6, 6.07) is 16.3. The van der Waals surface area contributed by atoms with Crippen LogP contribution in [0.3, 0.4) is 0 Å². The van der Waals surface area contributed by atoms with Gasteiger partial charge in [0.25, 0.3) is 0 Å². The van der Waals surface area contributed by atoms with Gasteiger partial charge in [0.05, 0.1) is 17.5 Å². The third-order valence-corrected chi connectivity index (χ3v) is 4.72. The van der Waals surface area contributed by atoms with Crippen molar-refractivity contribution in [3.8, 4) is 0 Å². The molecular formula is C18H16BrClO4. The fourth-order valence-electron chi connectivity index (χ4n) is 2.48. The summed E-state index contributed by atoms with van der Waals surface area (Å²) in [5.41, 5.74) is 1.38. The molecule has 4 nitrogen and oxygen atoms in total. The van der Waals surface area contributed by atoms with Gasteiger partial charge in [0, 0.05) is 10.6 Å². The average molecular weight is 412 g/mol. The summed E-state index contributed by atoms with van der Waals surface area (Å²) in [6.45, 7) is 0.484. The number of alkyl halides is 1.